The molecule has 110 valence electrons. The van der Waals surface area contributed by atoms with Crippen LogP contribution in [0.3, 0.4) is 0 Å². The summed E-state index contributed by atoms with van der Waals surface area (Å²) in [6.45, 7) is 1.87. The maximum atomic E-state index is 12.5. The zero-order valence-corrected chi connectivity index (χ0v) is 12.6. The van der Waals surface area contributed by atoms with Crippen molar-refractivity contribution >= 4 is 22.1 Å². The van der Waals surface area contributed by atoms with Crippen LogP contribution in [0.1, 0.15) is 5.56 Å². The van der Waals surface area contributed by atoms with Crippen LogP contribution in [0, 0.1) is 6.92 Å². The van der Waals surface area contributed by atoms with Crippen LogP contribution < -0.4 is 5.01 Å². The van der Waals surface area contributed by atoms with Crippen molar-refractivity contribution in [1.29, 1.82) is 0 Å². The lowest BCUT2D eigenvalue weighted by Crippen LogP contribution is -2.43. The number of amides is 1. The van der Waals surface area contributed by atoms with E-state index in [1.807, 2.05) is 13.0 Å². The largest absolute Gasteiger partial charge is 0.284 e. The Morgan fingerprint density at radius 1 is 0.952 bits per heavy atom. The SMILES string of the molecule is Cc1ccc(S(=O)(=O)N(C=O)N(C)c2ccccc2)cc1. The predicted octanol–water partition coefficient (Wildman–Crippen LogP) is 2.19. The summed E-state index contributed by atoms with van der Waals surface area (Å²) in [4.78, 5) is 11.4. The molecule has 0 spiro atoms. The number of anilines is 1. The molecule has 0 aromatic heterocycles. The Labute approximate surface area is 124 Å². The number of hydrazine groups is 1. The van der Waals surface area contributed by atoms with Crippen molar-refractivity contribution in [3.63, 3.8) is 0 Å². The first kappa shape index (κ1) is 15.1. The maximum absolute atomic E-state index is 12.5. The number of hydrogen-bond donors (Lipinski definition) is 0. The Balaban J connectivity index is 2.40. The smallest absolute Gasteiger partial charge is 0.276 e. The molecule has 0 saturated heterocycles. The van der Waals surface area contributed by atoms with E-state index in [1.165, 1.54) is 24.2 Å². The lowest BCUT2D eigenvalue weighted by Gasteiger charge is -2.29. The van der Waals surface area contributed by atoms with Gasteiger partial charge in [0.2, 0.25) is 6.41 Å². The molecule has 0 saturated carbocycles. The highest BCUT2D eigenvalue weighted by Gasteiger charge is 2.27. The molecule has 0 unspecified atom stereocenters. The average molecular weight is 304 g/mol. The first-order valence-corrected chi connectivity index (χ1v) is 7.76. The van der Waals surface area contributed by atoms with Crippen LogP contribution in [0.4, 0.5) is 5.69 Å². The Morgan fingerprint density at radius 3 is 2.05 bits per heavy atom. The van der Waals surface area contributed by atoms with Gasteiger partial charge in [0, 0.05) is 7.05 Å². The van der Waals surface area contributed by atoms with E-state index in [-0.39, 0.29) is 4.90 Å². The van der Waals surface area contributed by atoms with Gasteiger partial charge in [-0.15, -0.1) is 4.41 Å². The van der Waals surface area contributed by atoms with Crippen LogP contribution in [0.25, 0.3) is 0 Å². The first-order valence-electron chi connectivity index (χ1n) is 6.32. The van der Waals surface area contributed by atoms with Crippen LogP contribution >= 0.6 is 0 Å². The van der Waals surface area contributed by atoms with Crippen LogP contribution in [-0.2, 0) is 14.8 Å². The molecule has 0 heterocycles. The number of hydrogen-bond acceptors (Lipinski definition) is 4. The van der Waals surface area contributed by atoms with Gasteiger partial charge in [-0.3, -0.25) is 9.80 Å². The van der Waals surface area contributed by atoms with Gasteiger partial charge in [-0.2, -0.15) is 8.42 Å². The number of sulfonamides is 1. The van der Waals surface area contributed by atoms with Gasteiger partial charge in [0.05, 0.1) is 10.6 Å². The summed E-state index contributed by atoms with van der Waals surface area (Å²) in [5.41, 5.74) is 1.54. The minimum Gasteiger partial charge on any atom is -0.276 e. The molecule has 2 aromatic rings. The zero-order valence-electron chi connectivity index (χ0n) is 11.8. The van der Waals surface area contributed by atoms with Crippen molar-refractivity contribution in [3.05, 3.63) is 60.2 Å². The van der Waals surface area contributed by atoms with Crippen molar-refractivity contribution in [2.45, 2.75) is 11.8 Å². The van der Waals surface area contributed by atoms with Gasteiger partial charge in [-0.1, -0.05) is 35.9 Å². The number of carbonyl (C=O) groups excluding carboxylic acids is 1. The molecular weight excluding hydrogens is 288 g/mol. The van der Waals surface area contributed by atoms with Crippen LogP contribution in [0.2, 0.25) is 0 Å². The number of carbonyl (C=O) groups is 1. The molecule has 0 aliphatic carbocycles. The molecule has 5 nitrogen and oxygen atoms in total. The van der Waals surface area contributed by atoms with Gasteiger partial charge in [0.25, 0.3) is 10.0 Å². The third kappa shape index (κ3) is 3.05. The standard InChI is InChI=1S/C15H16N2O3S/c1-13-8-10-15(11-9-13)21(19,20)17(12-18)16(2)14-6-4-3-5-7-14/h3-12H,1-2H3. The molecule has 0 aliphatic rings. The number of rotatable bonds is 5. The molecule has 0 radical (unpaired) electrons. The second-order valence-corrected chi connectivity index (χ2v) is 6.35. The number of aryl methyl sites for hydroxylation is 1. The van der Waals surface area contributed by atoms with E-state index in [0.717, 1.165) is 5.56 Å². The summed E-state index contributed by atoms with van der Waals surface area (Å²) in [7, 11) is -2.40. The van der Waals surface area contributed by atoms with Crippen LogP contribution in [0.15, 0.2) is 59.5 Å². The van der Waals surface area contributed by atoms with Crippen molar-refractivity contribution in [2.24, 2.45) is 0 Å². The summed E-state index contributed by atoms with van der Waals surface area (Å²) >= 11 is 0. The van der Waals surface area contributed by atoms with Crippen molar-refractivity contribution in [3.8, 4) is 0 Å². The third-order valence-corrected chi connectivity index (χ3v) is 4.77. The van der Waals surface area contributed by atoms with Gasteiger partial charge in [-0.25, -0.2) is 0 Å². The monoisotopic (exact) mass is 304 g/mol. The van der Waals surface area contributed by atoms with Crippen molar-refractivity contribution in [1.82, 2.24) is 4.41 Å². The molecule has 21 heavy (non-hydrogen) atoms. The molecule has 2 rings (SSSR count). The van der Waals surface area contributed by atoms with E-state index in [4.69, 9.17) is 0 Å². The fraction of sp³-hybridized carbons (Fsp3) is 0.133. The molecule has 6 heteroatoms. The van der Waals surface area contributed by atoms with E-state index < -0.39 is 10.0 Å². The van der Waals surface area contributed by atoms with E-state index in [9.17, 15) is 13.2 Å². The van der Waals surface area contributed by atoms with Gasteiger partial charge in [0.15, 0.2) is 0 Å². The molecular formula is C15H16N2O3S. The maximum Gasteiger partial charge on any atom is 0.284 e. The molecule has 2 aromatic carbocycles. The quantitative estimate of drug-likeness (QED) is 0.627. The molecule has 0 fully saturated rings. The lowest BCUT2D eigenvalue weighted by molar-refractivity contribution is -0.114. The van der Waals surface area contributed by atoms with E-state index in [0.29, 0.717) is 16.5 Å². The summed E-state index contributed by atoms with van der Waals surface area (Å²) in [5.74, 6) is 0. The number of para-hydroxylation sites is 1. The fourth-order valence-electron chi connectivity index (χ4n) is 1.86. The Morgan fingerprint density at radius 2 is 1.52 bits per heavy atom. The van der Waals surface area contributed by atoms with E-state index in [2.05, 4.69) is 0 Å². The molecule has 0 aliphatic heterocycles. The van der Waals surface area contributed by atoms with Crippen molar-refractivity contribution < 1.29 is 13.2 Å². The Kier molecular flexibility index (Phi) is 4.28. The molecule has 1 amide bonds. The van der Waals surface area contributed by atoms with Gasteiger partial charge >= 0.3 is 0 Å². The highest BCUT2D eigenvalue weighted by molar-refractivity contribution is 7.89. The van der Waals surface area contributed by atoms with Gasteiger partial charge in [0.1, 0.15) is 0 Å². The summed E-state index contributed by atoms with van der Waals surface area (Å²) in [5, 5.41) is 1.29. The van der Waals surface area contributed by atoms with Crippen LogP contribution in [0.5, 0.6) is 0 Å². The Bertz CT molecular complexity index is 712. The predicted molar refractivity (Wildman–Crippen MR) is 81.1 cm³/mol. The molecule has 0 atom stereocenters. The molecule has 0 bridgehead atoms. The third-order valence-electron chi connectivity index (χ3n) is 3.08. The first-order chi connectivity index (χ1) is 9.96. The second kappa shape index (κ2) is 5.97. The van der Waals surface area contributed by atoms with Gasteiger partial charge in [-0.05, 0) is 31.2 Å². The minimum absolute atomic E-state index is 0.0722. The van der Waals surface area contributed by atoms with Gasteiger partial charge < -0.3 is 0 Å². The van der Waals surface area contributed by atoms with E-state index in [1.54, 1.807) is 36.4 Å². The number of benzene rings is 2. The topological polar surface area (TPSA) is 57.7 Å². The summed E-state index contributed by atoms with van der Waals surface area (Å²) in [6, 6.07) is 15.2. The number of nitrogens with zero attached hydrogens (tertiary/aromatic N) is 2. The van der Waals surface area contributed by atoms with Crippen molar-refractivity contribution in [2.75, 3.05) is 12.1 Å². The second-order valence-electron chi connectivity index (χ2n) is 4.56. The highest BCUT2D eigenvalue weighted by Crippen LogP contribution is 2.20. The zero-order chi connectivity index (χ0) is 15.5. The van der Waals surface area contributed by atoms with Crippen LogP contribution in [-0.4, -0.2) is 26.3 Å². The highest BCUT2D eigenvalue weighted by atomic mass is 32.2. The summed E-state index contributed by atoms with van der Waals surface area (Å²) < 4.78 is 25.8. The Hall–Kier alpha value is -2.34. The lowest BCUT2D eigenvalue weighted by atomic mass is 10.2. The summed E-state index contributed by atoms with van der Waals surface area (Å²) in [6.07, 6.45) is 0.294. The normalized spacial score (nSPS) is 11.0. The van der Waals surface area contributed by atoms with E-state index >= 15 is 0 Å². The fourth-order valence-corrected chi connectivity index (χ4v) is 3.09. The minimum atomic E-state index is -3.92. The molecule has 0 N–H and O–H groups in total. The average Bonchev–Trinajstić information content (AvgIpc) is 2.49.